The van der Waals surface area contributed by atoms with Crippen molar-refractivity contribution in [2.75, 3.05) is 6.54 Å². The second-order valence-electron chi connectivity index (χ2n) is 6.16. The third-order valence-corrected chi connectivity index (χ3v) is 4.29. The van der Waals surface area contributed by atoms with Crippen LogP contribution in [0.5, 0.6) is 0 Å². The average Bonchev–Trinajstić information content (AvgIpc) is 3.27. The van der Waals surface area contributed by atoms with Crippen molar-refractivity contribution >= 4 is 22.5 Å². The van der Waals surface area contributed by atoms with Crippen LogP contribution in [0.2, 0.25) is 0 Å². The van der Waals surface area contributed by atoms with Gasteiger partial charge in [0.1, 0.15) is 6.10 Å². The Morgan fingerprint density at radius 2 is 2.04 bits per heavy atom. The number of para-hydroxylation sites is 1. The zero-order valence-electron chi connectivity index (χ0n) is 13.8. The van der Waals surface area contributed by atoms with Gasteiger partial charge < -0.3 is 10.2 Å². The molecule has 0 bridgehead atoms. The molecule has 0 saturated carbocycles. The first-order chi connectivity index (χ1) is 12.2. The van der Waals surface area contributed by atoms with Gasteiger partial charge in [-0.2, -0.15) is 5.10 Å². The summed E-state index contributed by atoms with van der Waals surface area (Å²) >= 11 is 0. The summed E-state index contributed by atoms with van der Waals surface area (Å²) in [5.74, 6) is -0.218. The number of nitrogens with one attached hydrogen (secondary N) is 2. The minimum absolute atomic E-state index is 0.162. The van der Waals surface area contributed by atoms with Crippen LogP contribution in [0.4, 0.5) is 0 Å². The van der Waals surface area contributed by atoms with E-state index in [1.54, 1.807) is 0 Å². The van der Waals surface area contributed by atoms with Gasteiger partial charge in [-0.3, -0.25) is 9.89 Å². The van der Waals surface area contributed by atoms with Gasteiger partial charge in [0.05, 0.1) is 17.8 Å². The lowest BCUT2D eigenvalue weighted by Gasteiger charge is -2.09. The normalized spacial score (nSPS) is 16.5. The van der Waals surface area contributed by atoms with Gasteiger partial charge in [0.25, 0.3) is 5.91 Å². The summed E-state index contributed by atoms with van der Waals surface area (Å²) in [6.07, 6.45) is 0.510. The van der Waals surface area contributed by atoms with E-state index >= 15 is 0 Å². The summed E-state index contributed by atoms with van der Waals surface area (Å²) in [7, 11) is 0. The van der Waals surface area contributed by atoms with Crippen LogP contribution in [0.25, 0.3) is 10.9 Å². The average molecular weight is 334 g/mol. The Labute approximate surface area is 144 Å². The van der Waals surface area contributed by atoms with E-state index in [2.05, 4.69) is 32.8 Å². The van der Waals surface area contributed by atoms with E-state index in [1.807, 2.05) is 43.3 Å². The summed E-state index contributed by atoms with van der Waals surface area (Å²) in [6, 6.07) is 15.7. The molecule has 0 radical (unpaired) electrons. The standard InChI is InChI=1S/C19H18N4O2/c1-12-6-8-13(9-7-12)17-10-14(25-23-17)11-20-19(24)18-15-4-2-3-5-16(15)21-22-18/h2-9,14H,10-11H2,1H3,(H,20,24)(H,21,22). The van der Waals surface area contributed by atoms with Crippen molar-refractivity contribution < 1.29 is 9.63 Å². The molecule has 0 spiro atoms. The SMILES string of the molecule is Cc1ccc(C2=NOC(CNC(=O)c3n[nH]c4ccccc34)C2)cc1. The number of oxime groups is 1. The van der Waals surface area contributed by atoms with Gasteiger partial charge in [0.15, 0.2) is 5.69 Å². The molecule has 4 rings (SSSR count). The zero-order chi connectivity index (χ0) is 17.2. The topological polar surface area (TPSA) is 79.4 Å². The number of benzene rings is 2. The van der Waals surface area contributed by atoms with Gasteiger partial charge in [0, 0.05) is 11.8 Å². The first-order valence-electron chi connectivity index (χ1n) is 8.22. The zero-order valence-corrected chi connectivity index (χ0v) is 13.8. The lowest BCUT2D eigenvalue weighted by atomic mass is 10.0. The molecule has 6 nitrogen and oxygen atoms in total. The number of nitrogens with zero attached hydrogens (tertiary/aromatic N) is 2. The third-order valence-electron chi connectivity index (χ3n) is 4.29. The van der Waals surface area contributed by atoms with Crippen LogP contribution in [-0.4, -0.2) is 34.5 Å². The van der Waals surface area contributed by atoms with E-state index in [1.165, 1.54) is 5.56 Å². The maximum Gasteiger partial charge on any atom is 0.272 e. The van der Waals surface area contributed by atoms with Gasteiger partial charge in [-0.25, -0.2) is 0 Å². The summed E-state index contributed by atoms with van der Waals surface area (Å²) < 4.78 is 0. The van der Waals surface area contributed by atoms with E-state index < -0.39 is 0 Å². The molecule has 2 N–H and O–H groups in total. The molecule has 2 heterocycles. The molecule has 1 aliphatic heterocycles. The predicted molar refractivity (Wildman–Crippen MR) is 95.6 cm³/mol. The Hall–Kier alpha value is -3.15. The number of aromatic nitrogens is 2. The summed E-state index contributed by atoms with van der Waals surface area (Å²) in [4.78, 5) is 17.8. The number of aromatic amines is 1. The van der Waals surface area contributed by atoms with Crippen LogP contribution >= 0.6 is 0 Å². The molecule has 2 aromatic carbocycles. The van der Waals surface area contributed by atoms with Crippen molar-refractivity contribution in [3.63, 3.8) is 0 Å². The van der Waals surface area contributed by atoms with Crippen LogP contribution in [0.3, 0.4) is 0 Å². The minimum atomic E-state index is -0.218. The molecule has 1 amide bonds. The highest BCUT2D eigenvalue weighted by Gasteiger charge is 2.23. The number of carbonyl (C=O) groups is 1. The lowest BCUT2D eigenvalue weighted by molar-refractivity contribution is 0.0752. The Kier molecular flexibility index (Phi) is 3.93. The highest BCUT2D eigenvalue weighted by Crippen LogP contribution is 2.18. The number of rotatable bonds is 4. The molecule has 1 aromatic heterocycles. The molecule has 0 aliphatic carbocycles. The Balaban J connectivity index is 1.36. The van der Waals surface area contributed by atoms with Crippen molar-refractivity contribution in [3.8, 4) is 0 Å². The van der Waals surface area contributed by atoms with E-state index in [4.69, 9.17) is 4.84 Å². The molecular formula is C19H18N4O2. The number of hydrogen-bond acceptors (Lipinski definition) is 4. The van der Waals surface area contributed by atoms with Gasteiger partial charge >= 0.3 is 0 Å². The van der Waals surface area contributed by atoms with E-state index in [-0.39, 0.29) is 12.0 Å². The molecule has 1 aliphatic rings. The largest absolute Gasteiger partial charge is 0.390 e. The van der Waals surface area contributed by atoms with Crippen molar-refractivity contribution in [1.82, 2.24) is 15.5 Å². The second-order valence-corrected chi connectivity index (χ2v) is 6.16. The fourth-order valence-corrected chi connectivity index (χ4v) is 2.88. The summed E-state index contributed by atoms with van der Waals surface area (Å²) in [6.45, 7) is 2.44. The van der Waals surface area contributed by atoms with Gasteiger partial charge in [-0.1, -0.05) is 53.2 Å². The molecule has 6 heteroatoms. The van der Waals surface area contributed by atoms with Crippen LogP contribution in [0, 0.1) is 6.92 Å². The lowest BCUT2D eigenvalue weighted by Crippen LogP contribution is -2.32. The molecule has 0 saturated heterocycles. The molecule has 25 heavy (non-hydrogen) atoms. The predicted octanol–water partition coefficient (Wildman–Crippen LogP) is 2.79. The maximum atomic E-state index is 12.4. The van der Waals surface area contributed by atoms with E-state index in [9.17, 15) is 4.79 Å². The van der Waals surface area contributed by atoms with Crippen molar-refractivity contribution in [3.05, 3.63) is 65.4 Å². The monoisotopic (exact) mass is 334 g/mol. The van der Waals surface area contributed by atoms with Crippen LogP contribution < -0.4 is 5.32 Å². The minimum Gasteiger partial charge on any atom is -0.390 e. The fraction of sp³-hybridized carbons (Fsp3) is 0.211. The Morgan fingerprint density at radius 3 is 2.88 bits per heavy atom. The summed E-state index contributed by atoms with van der Waals surface area (Å²) in [5, 5.41) is 14.8. The molecule has 1 atom stereocenters. The number of H-pyrrole nitrogens is 1. The van der Waals surface area contributed by atoms with Crippen LogP contribution in [0.1, 0.15) is 28.0 Å². The molecule has 1 unspecified atom stereocenters. The second kappa shape index (κ2) is 6.39. The Bertz CT molecular complexity index is 943. The van der Waals surface area contributed by atoms with Crippen molar-refractivity contribution in [2.45, 2.75) is 19.4 Å². The molecule has 126 valence electrons. The quantitative estimate of drug-likeness (QED) is 0.770. The van der Waals surface area contributed by atoms with Crippen molar-refractivity contribution in [2.24, 2.45) is 5.16 Å². The van der Waals surface area contributed by atoms with Gasteiger partial charge in [0.2, 0.25) is 0 Å². The van der Waals surface area contributed by atoms with Gasteiger partial charge in [-0.15, -0.1) is 0 Å². The smallest absolute Gasteiger partial charge is 0.272 e. The first kappa shape index (κ1) is 15.4. The third kappa shape index (κ3) is 3.10. The number of amides is 1. The number of carbonyl (C=O) groups excluding carboxylic acids is 1. The molecule has 0 fully saturated rings. The number of fused-ring (bicyclic) bond motifs is 1. The van der Waals surface area contributed by atoms with Gasteiger partial charge in [-0.05, 0) is 18.6 Å². The summed E-state index contributed by atoms with van der Waals surface area (Å²) in [5.41, 5.74) is 4.41. The van der Waals surface area contributed by atoms with Crippen molar-refractivity contribution in [1.29, 1.82) is 0 Å². The van der Waals surface area contributed by atoms with E-state index in [0.717, 1.165) is 22.2 Å². The first-order valence-corrected chi connectivity index (χ1v) is 8.22. The van der Waals surface area contributed by atoms with Crippen LogP contribution in [-0.2, 0) is 4.84 Å². The number of aryl methyl sites for hydroxylation is 1. The van der Waals surface area contributed by atoms with E-state index in [0.29, 0.717) is 18.7 Å². The highest BCUT2D eigenvalue weighted by molar-refractivity contribution is 6.04. The Morgan fingerprint density at radius 1 is 1.24 bits per heavy atom. The maximum absolute atomic E-state index is 12.4. The molecule has 3 aromatic rings. The number of hydrogen-bond donors (Lipinski definition) is 2. The highest BCUT2D eigenvalue weighted by atomic mass is 16.6. The fourth-order valence-electron chi connectivity index (χ4n) is 2.88. The molecular weight excluding hydrogens is 316 g/mol. The van der Waals surface area contributed by atoms with Crippen LogP contribution in [0.15, 0.2) is 53.7 Å².